The van der Waals surface area contributed by atoms with Gasteiger partial charge in [-0.1, -0.05) is 60.7 Å². The highest BCUT2D eigenvalue weighted by atomic mass is 16.3. The van der Waals surface area contributed by atoms with E-state index in [-0.39, 0.29) is 5.75 Å². The number of fused-ring (bicyclic) bond motifs is 8. The summed E-state index contributed by atoms with van der Waals surface area (Å²) in [5.41, 5.74) is 9.52. The molecule has 4 aromatic carbocycles. The fourth-order valence-corrected chi connectivity index (χ4v) is 4.19. The maximum absolute atomic E-state index is 10.3. The van der Waals surface area contributed by atoms with Crippen LogP contribution in [-0.4, -0.2) is 17.3 Å². The molecule has 0 amide bonds. The Morgan fingerprint density at radius 1 is 0.516 bits per heavy atom. The summed E-state index contributed by atoms with van der Waals surface area (Å²) in [6, 6.07) is 24.8. The van der Waals surface area contributed by atoms with Crippen molar-refractivity contribution in [2.75, 3.05) is 0 Å². The molecule has 0 unspecified atom stereocenters. The van der Waals surface area contributed by atoms with Gasteiger partial charge >= 0.3 is 0 Å². The van der Waals surface area contributed by atoms with Crippen LogP contribution in [0.1, 0.15) is 0 Å². The van der Waals surface area contributed by atoms with Gasteiger partial charge in [-0.2, -0.15) is 9.98 Å². The van der Waals surface area contributed by atoms with Crippen molar-refractivity contribution < 1.29 is 14.7 Å². The quantitative estimate of drug-likeness (QED) is 0.272. The number of benzene rings is 4. The molecular weight excluding hydrogens is 388 g/mol. The van der Waals surface area contributed by atoms with E-state index in [1.807, 2.05) is 60.7 Å². The molecule has 0 saturated heterocycles. The van der Waals surface area contributed by atoms with Crippen LogP contribution in [0.2, 0.25) is 0 Å². The number of hydrogen-bond acceptors (Lipinski definition) is 5. The summed E-state index contributed by atoms with van der Waals surface area (Å²) in [5.74, 6) is 0.221. The van der Waals surface area contributed by atoms with E-state index in [2.05, 4.69) is 16.1 Å². The van der Waals surface area contributed by atoms with Gasteiger partial charge in [-0.05, 0) is 46.0 Å². The molecule has 0 aromatic heterocycles. The van der Waals surface area contributed by atoms with Gasteiger partial charge in [0.2, 0.25) is 12.2 Å². The Kier molecular flexibility index (Phi) is 4.38. The van der Waals surface area contributed by atoms with Crippen LogP contribution in [0.4, 0.5) is 11.4 Å². The zero-order valence-corrected chi connectivity index (χ0v) is 16.2. The number of carbonyl (C=O) groups excluding carboxylic acids is 2. The van der Waals surface area contributed by atoms with Crippen molar-refractivity contribution in [2.24, 2.45) is 9.98 Å². The molecule has 0 aliphatic heterocycles. The number of aromatic hydroxyl groups is 1. The van der Waals surface area contributed by atoms with Crippen LogP contribution in [0.3, 0.4) is 0 Å². The second kappa shape index (κ2) is 7.36. The Labute approximate surface area is 177 Å². The predicted molar refractivity (Wildman–Crippen MR) is 119 cm³/mol. The highest BCUT2D eigenvalue weighted by molar-refractivity contribution is 6.09. The summed E-state index contributed by atoms with van der Waals surface area (Å²) < 4.78 is 0. The van der Waals surface area contributed by atoms with E-state index in [0.29, 0.717) is 11.4 Å². The molecule has 1 N–H and O–H groups in total. The highest BCUT2D eigenvalue weighted by Gasteiger charge is 2.28. The van der Waals surface area contributed by atoms with Gasteiger partial charge in [0.15, 0.2) is 0 Å². The second-order valence-electron chi connectivity index (χ2n) is 7.05. The Hall–Kier alpha value is -4.56. The number of rotatable bonds is 2. The molecule has 0 atom stereocenters. The molecule has 0 spiro atoms. The normalized spacial score (nSPS) is 10.7. The van der Waals surface area contributed by atoms with Gasteiger partial charge in [0, 0.05) is 16.7 Å². The molecule has 0 bridgehead atoms. The summed E-state index contributed by atoms with van der Waals surface area (Å²) in [6.07, 6.45) is 3.12. The first kappa shape index (κ1) is 18.5. The van der Waals surface area contributed by atoms with E-state index >= 15 is 0 Å². The van der Waals surface area contributed by atoms with Crippen molar-refractivity contribution in [3.05, 3.63) is 78.9 Å². The van der Waals surface area contributed by atoms with Crippen LogP contribution < -0.4 is 0 Å². The third-order valence-corrected chi connectivity index (χ3v) is 5.49. The number of hydrogen-bond donors (Lipinski definition) is 1. The van der Waals surface area contributed by atoms with E-state index in [1.54, 1.807) is 18.2 Å². The molecule has 146 valence electrons. The number of phenolic OH excluding ortho intramolecular Hbond substituents is 1. The molecule has 0 heterocycles. The van der Waals surface area contributed by atoms with Crippen molar-refractivity contribution >= 4 is 23.5 Å². The standard InChI is InChI=1S/C13H7NO2.C13H7NO/c15-7-14-10-5-6-11(16)13-9-4-2-1-3-8(9)12(10)13;15-8-14-12-7-3-6-11-9-4-1-2-5-10(9)13(11)12/h1-6,16H;1-7H. The van der Waals surface area contributed by atoms with Gasteiger partial charge in [-0.25, -0.2) is 9.59 Å². The van der Waals surface area contributed by atoms with E-state index in [1.165, 1.54) is 22.8 Å². The fraction of sp³-hybridized carbons (Fsp3) is 0. The van der Waals surface area contributed by atoms with Crippen LogP contribution in [0.5, 0.6) is 5.75 Å². The zero-order chi connectivity index (χ0) is 21.4. The lowest BCUT2D eigenvalue weighted by atomic mass is 9.79. The number of aliphatic imine (C=N–C) groups is 2. The van der Waals surface area contributed by atoms with Gasteiger partial charge in [-0.15, -0.1) is 0 Å². The summed E-state index contributed by atoms with van der Waals surface area (Å²) in [4.78, 5) is 27.9. The van der Waals surface area contributed by atoms with Gasteiger partial charge < -0.3 is 5.11 Å². The third-order valence-electron chi connectivity index (χ3n) is 5.49. The minimum atomic E-state index is 0.221. The smallest absolute Gasteiger partial charge is 0.240 e. The largest absolute Gasteiger partial charge is 0.507 e. The minimum Gasteiger partial charge on any atom is -0.507 e. The van der Waals surface area contributed by atoms with Gasteiger partial charge in [-0.3, -0.25) is 0 Å². The Balaban J connectivity index is 0.000000132. The SMILES string of the molecule is O=C=Nc1ccc(O)c2c1-c1ccccc1-2.O=C=Nc1cccc2c1-c1ccccc1-2. The first-order chi connectivity index (χ1) is 15.2. The molecule has 6 rings (SSSR count). The monoisotopic (exact) mass is 402 g/mol. The molecule has 5 nitrogen and oxygen atoms in total. The number of isocyanates is 2. The van der Waals surface area contributed by atoms with E-state index in [4.69, 9.17) is 0 Å². The summed E-state index contributed by atoms with van der Waals surface area (Å²) in [7, 11) is 0. The van der Waals surface area contributed by atoms with Crippen LogP contribution in [0.25, 0.3) is 44.5 Å². The van der Waals surface area contributed by atoms with Crippen molar-refractivity contribution in [3.8, 4) is 50.3 Å². The lowest BCUT2D eigenvalue weighted by molar-refractivity contribution is 0.477. The third kappa shape index (κ3) is 2.82. The van der Waals surface area contributed by atoms with Crippen molar-refractivity contribution in [1.29, 1.82) is 0 Å². The van der Waals surface area contributed by atoms with Crippen molar-refractivity contribution in [3.63, 3.8) is 0 Å². The summed E-state index contributed by atoms with van der Waals surface area (Å²) in [6.45, 7) is 0. The Bertz CT molecular complexity index is 1460. The molecule has 4 aromatic rings. The molecule has 2 aliphatic carbocycles. The van der Waals surface area contributed by atoms with Crippen LogP contribution in [-0.2, 0) is 9.59 Å². The maximum Gasteiger partial charge on any atom is 0.240 e. The molecular formula is C26H14N2O3. The number of phenols is 1. The molecule has 0 radical (unpaired) electrons. The first-order valence-electron chi connectivity index (χ1n) is 9.59. The van der Waals surface area contributed by atoms with E-state index in [0.717, 1.165) is 27.8 Å². The molecule has 2 aliphatic rings. The first-order valence-corrected chi connectivity index (χ1v) is 9.59. The zero-order valence-electron chi connectivity index (χ0n) is 16.2. The van der Waals surface area contributed by atoms with Crippen LogP contribution >= 0.6 is 0 Å². The lowest BCUT2D eigenvalue weighted by Gasteiger charge is -2.25. The average Bonchev–Trinajstić information content (AvgIpc) is 2.77. The fourth-order valence-electron chi connectivity index (χ4n) is 4.19. The molecule has 31 heavy (non-hydrogen) atoms. The van der Waals surface area contributed by atoms with Crippen LogP contribution in [0, 0.1) is 0 Å². The highest BCUT2D eigenvalue weighted by Crippen LogP contribution is 2.55. The summed E-state index contributed by atoms with van der Waals surface area (Å²) in [5, 5.41) is 9.75. The average molecular weight is 402 g/mol. The van der Waals surface area contributed by atoms with Gasteiger partial charge in [0.05, 0.1) is 11.4 Å². The van der Waals surface area contributed by atoms with Crippen molar-refractivity contribution in [2.45, 2.75) is 0 Å². The molecule has 5 heteroatoms. The van der Waals surface area contributed by atoms with E-state index in [9.17, 15) is 14.7 Å². The lowest BCUT2D eigenvalue weighted by Crippen LogP contribution is -1.98. The minimum absolute atomic E-state index is 0.221. The Morgan fingerprint density at radius 2 is 1.03 bits per heavy atom. The molecule has 0 saturated carbocycles. The van der Waals surface area contributed by atoms with E-state index < -0.39 is 0 Å². The van der Waals surface area contributed by atoms with Gasteiger partial charge in [0.1, 0.15) is 5.75 Å². The van der Waals surface area contributed by atoms with Crippen LogP contribution in [0.15, 0.2) is 88.8 Å². The maximum atomic E-state index is 10.3. The summed E-state index contributed by atoms with van der Waals surface area (Å²) >= 11 is 0. The predicted octanol–water partition coefficient (Wildman–Crippen LogP) is 6.31. The Morgan fingerprint density at radius 3 is 1.68 bits per heavy atom. The number of nitrogens with zero attached hydrogens (tertiary/aromatic N) is 2. The van der Waals surface area contributed by atoms with Gasteiger partial charge in [0.25, 0.3) is 0 Å². The topological polar surface area (TPSA) is 79.1 Å². The molecule has 0 fully saturated rings. The van der Waals surface area contributed by atoms with Crippen molar-refractivity contribution in [1.82, 2.24) is 0 Å². The second-order valence-corrected chi connectivity index (χ2v) is 7.05.